The molecule has 3 N–H and O–H groups in total. The zero-order valence-corrected chi connectivity index (χ0v) is 11.7. The molecule has 6 nitrogen and oxygen atoms in total. The van der Waals surface area contributed by atoms with E-state index in [4.69, 9.17) is 0 Å². The van der Waals surface area contributed by atoms with Gasteiger partial charge >= 0.3 is 11.8 Å². The standard InChI is InChI=1S/C15H15N3O3/c1-9-6-7-11(12(19)8-9)17-14(20)15(21)18-13-5-3-4-10(2)16-13/h3-8,19H,1-2H3,(H,17,20)(H,16,18,21). The van der Waals surface area contributed by atoms with E-state index >= 15 is 0 Å². The van der Waals surface area contributed by atoms with Crippen LogP contribution < -0.4 is 10.6 Å². The summed E-state index contributed by atoms with van der Waals surface area (Å²) in [6.07, 6.45) is 0. The summed E-state index contributed by atoms with van der Waals surface area (Å²) >= 11 is 0. The van der Waals surface area contributed by atoms with Crippen molar-refractivity contribution in [2.75, 3.05) is 10.6 Å². The van der Waals surface area contributed by atoms with Crippen LogP contribution in [-0.4, -0.2) is 21.9 Å². The zero-order chi connectivity index (χ0) is 15.4. The fourth-order valence-electron chi connectivity index (χ4n) is 1.71. The van der Waals surface area contributed by atoms with Gasteiger partial charge in [0.25, 0.3) is 0 Å². The molecule has 0 radical (unpaired) electrons. The van der Waals surface area contributed by atoms with Crippen LogP contribution >= 0.6 is 0 Å². The van der Waals surface area contributed by atoms with Gasteiger partial charge in [-0.15, -0.1) is 0 Å². The number of aryl methyl sites for hydroxylation is 2. The Bertz CT molecular complexity index is 698. The number of aromatic hydroxyl groups is 1. The Hall–Kier alpha value is -2.89. The van der Waals surface area contributed by atoms with Gasteiger partial charge in [-0.1, -0.05) is 12.1 Å². The van der Waals surface area contributed by atoms with Crippen molar-refractivity contribution in [2.45, 2.75) is 13.8 Å². The molecule has 2 aromatic rings. The van der Waals surface area contributed by atoms with Gasteiger partial charge in [-0.25, -0.2) is 4.98 Å². The highest BCUT2D eigenvalue weighted by atomic mass is 16.3. The molecule has 0 aliphatic heterocycles. The van der Waals surface area contributed by atoms with Crippen molar-refractivity contribution in [3.8, 4) is 5.75 Å². The Morgan fingerprint density at radius 3 is 2.43 bits per heavy atom. The molecule has 0 saturated carbocycles. The van der Waals surface area contributed by atoms with Crippen LogP contribution in [0.5, 0.6) is 5.75 Å². The van der Waals surface area contributed by atoms with E-state index in [1.807, 2.05) is 0 Å². The fraction of sp³-hybridized carbons (Fsp3) is 0.133. The molecule has 6 heteroatoms. The van der Waals surface area contributed by atoms with Crippen LogP contribution in [0.3, 0.4) is 0 Å². The van der Waals surface area contributed by atoms with E-state index in [1.165, 1.54) is 12.1 Å². The molecule has 21 heavy (non-hydrogen) atoms. The summed E-state index contributed by atoms with van der Waals surface area (Å²) in [6.45, 7) is 3.58. The second-order valence-electron chi connectivity index (χ2n) is 4.59. The molecule has 1 aromatic heterocycles. The molecular formula is C15H15N3O3. The van der Waals surface area contributed by atoms with Crippen LogP contribution in [0.4, 0.5) is 11.5 Å². The second-order valence-corrected chi connectivity index (χ2v) is 4.59. The molecule has 108 valence electrons. The van der Waals surface area contributed by atoms with Gasteiger partial charge < -0.3 is 15.7 Å². The number of amides is 2. The average Bonchev–Trinajstić information content (AvgIpc) is 2.41. The minimum absolute atomic E-state index is 0.0927. The van der Waals surface area contributed by atoms with Crippen LogP contribution in [0.2, 0.25) is 0 Å². The predicted octanol–water partition coefficient (Wildman–Crippen LogP) is 1.98. The second kappa shape index (κ2) is 6.04. The lowest BCUT2D eigenvalue weighted by molar-refractivity contribution is -0.133. The molecule has 2 amide bonds. The minimum atomic E-state index is -0.877. The summed E-state index contributed by atoms with van der Waals surface area (Å²) in [5.41, 5.74) is 1.75. The van der Waals surface area contributed by atoms with Gasteiger partial charge in [-0.2, -0.15) is 0 Å². The molecular weight excluding hydrogens is 270 g/mol. The molecule has 1 aromatic carbocycles. The van der Waals surface area contributed by atoms with Crippen molar-refractivity contribution in [1.82, 2.24) is 4.98 Å². The first-order valence-corrected chi connectivity index (χ1v) is 6.31. The number of hydrogen-bond acceptors (Lipinski definition) is 4. The smallest absolute Gasteiger partial charge is 0.315 e. The molecule has 0 bridgehead atoms. The highest BCUT2D eigenvalue weighted by molar-refractivity contribution is 6.43. The van der Waals surface area contributed by atoms with E-state index in [0.717, 1.165) is 11.3 Å². The summed E-state index contributed by atoms with van der Waals surface area (Å²) in [5, 5.41) is 14.4. The number of nitrogens with one attached hydrogen (secondary N) is 2. The lowest BCUT2D eigenvalue weighted by Gasteiger charge is -2.08. The van der Waals surface area contributed by atoms with Crippen LogP contribution in [0.15, 0.2) is 36.4 Å². The lowest BCUT2D eigenvalue weighted by atomic mass is 10.2. The van der Waals surface area contributed by atoms with Crippen LogP contribution in [0.25, 0.3) is 0 Å². The average molecular weight is 285 g/mol. The van der Waals surface area contributed by atoms with Crippen molar-refractivity contribution in [3.63, 3.8) is 0 Å². The lowest BCUT2D eigenvalue weighted by Crippen LogP contribution is -2.29. The van der Waals surface area contributed by atoms with Crippen LogP contribution in [0.1, 0.15) is 11.3 Å². The molecule has 0 spiro atoms. The molecule has 0 aliphatic carbocycles. The topological polar surface area (TPSA) is 91.3 Å². The third-order valence-corrected chi connectivity index (χ3v) is 2.74. The van der Waals surface area contributed by atoms with E-state index < -0.39 is 11.8 Å². The number of hydrogen-bond donors (Lipinski definition) is 3. The Morgan fingerprint density at radius 2 is 1.76 bits per heavy atom. The van der Waals surface area contributed by atoms with Gasteiger partial charge in [0.05, 0.1) is 5.69 Å². The maximum Gasteiger partial charge on any atom is 0.315 e. The Labute approximate surface area is 121 Å². The number of phenolic OH excluding ortho intramolecular Hbond substituents is 1. The summed E-state index contributed by atoms with van der Waals surface area (Å²) in [6, 6.07) is 9.83. The van der Waals surface area contributed by atoms with Crippen LogP contribution in [0, 0.1) is 13.8 Å². The number of carbonyl (C=O) groups excluding carboxylic acids is 2. The molecule has 2 rings (SSSR count). The van der Waals surface area contributed by atoms with E-state index in [1.54, 1.807) is 38.1 Å². The highest BCUT2D eigenvalue weighted by Gasteiger charge is 2.16. The first-order chi connectivity index (χ1) is 9.95. The number of phenols is 1. The molecule has 0 atom stereocenters. The van der Waals surface area contributed by atoms with E-state index in [9.17, 15) is 14.7 Å². The van der Waals surface area contributed by atoms with Gasteiger partial charge in [0, 0.05) is 5.69 Å². The summed E-state index contributed by atoms with van der Waals surface area (Å²) in [5.74, 6) is -1.53. The highest BCUT2D eigenvalue weighted by Crippen LogP contribution is 2.23. The van der Waals surface area contributed by atoms with Crippen molar-refractivity contribution < 1.29 is 14.7 Å². The Balaban J connectivity index is 2.04. The number of pyridine rings is 1. The van der Waals surface area contributed by atoms with E-state index in [-0.39, 0.29) is 11.4 Å². The Morgan fingerprint density at radius 1 is 1.05 bits per heavy atom. The maximum atomic E-state index is 11.8. The number of nitrogens with zero attached hydrogens (tertiary/aromatic N) is 1. The first-order valence-electron chi connectivity index (χ1n) is 6.31. The normalized spacial score (nSPS) is 10.0. The summed E-state index contributed by atoms with van der Waals surface area (Å²) in [7, 11) is 0. The van der Waals surface area contributed by atoms with Crippen molar-refractivity contribution in [2.24, 2.45) is 0 Å². The number of carbonyl (C=O) groups is 2. The number of rotatable bonds is 2. The maximum absolute atomic E-state index is 11.8. The van der Waals surface area contributed by atoms with E-state index in [2.05, 4.69) is 15.6 Å². The number of anilines is 2. The summed E-state index contributed by atoms with van der Waals surface area (Å²) in [4.78, 5) is 27.6. The zero-order valence-electron chi connectivity index (χ0n) is 11.7. The molecule has 0 aliphatic rings. The van der Waals surface area contributed by atoms with Gasteiger partial charge in [0.15, 0.2) is 0 Å². The number of aromatic nitrogens is 1. The van der Waals surface area contributed by atoms with Gasteiger partial charge in [-0.05, 0) is 43.7 Å². The largest absolute Gasteiger partial charge is 0.506 e. The van der Waals surface area contributed by atoms with Crippen molar-refractivity contribution in [3.05, 3.63) is 47.7 Å². The minimum Gasteiger partial charge on any atom is -0.506 e. The molecule has 0 fully saturated rings. The third-order valence-electron chi connectivity index (χ3n) is 2.74. The molecule has 0 unspecified atom stereocenters. The van der Waals surface area contributed by atoms with Crippen molar-refractivity contribution >= 4 is 23.3 Å². The molecule has 1 heterocycles. The monoisotopic (exact) mass is 285 g/mol. The van der Waals surface area contributed by atoms with Crippen LogP contribution in [-0.2, 0) is 9.59 Å². The van der Waals surface area contributed by atoms with Gasteiger partial charge in [0.2, 0.25) is 0 Å². The van der Waals surface area contributed by atoms with Gasteiger partial charge in [0.1, 0.15) is 11.6 Å². The third kappa shape index (κ3) is 3.79. The Kier molecular flexibility index (Phi) is 4.18. The SMILES string of the molecule is Cc1ccc(NC(=O)C(=O)Nc2cccc(C)n2)c(O)c1. The quantitative estimate of drug-likeness (QED) is 0.581. The fourth-order valence-corrected chi connectivity index (χ4v) is 1.71. The van der Waals surface area contributed by atoms with Gasteiger partial charge in [-0.3, -0.25) is 9.59 Å². The predicted molar refractivity (Wildman–Crippen MR) is 79.1 cm³/mol. The summed E-state index contributed by atoms with van der Waals surface area (Å²) < 4.78 is 0. The number of benzene rings is 1. The van der Waals surface area contributed by atoms with E-state index in [0.29, 0.717) is 5.82 Å². The van der Waals surface area contributed by atoms with Crippen molar-refractivity contribution in [1.29, 1.82) is 0 Å². The molecule has 0 saturated heterocycles. The first kappa shape index (κ1) is 14.5.